The maximum atomic E-state index is 13.6. The number of hydrogen-bond acceptors (Lipinski definition) is 3. The van der Waals surface area contributed by atoms with E-state index in [4.69, 9.17) is 9.47 Å². The van der Waals surface area contributed by atoms with E-state index in [1.165, 1.54) is 19.2 Å². The maximum absolute atomic E-state index is 13.6. The van der Waals surface area contributed by atoms with Gasteiger partial charge in [-0.2, -0.15) is 0 Å². The summed E-state index contributed by atoms with van der Waals surface area (Å²) in [4.78, 5) is 4.07. The summed E-state index contributed by atoms with van der Waals surface area (Å²) in [5, 5.41) is 6.10. The summed E-state index contributed by atoms with van der Waals surface area (Å²) in [5.41, 5.74) is 1.35. The Morgan fingerprint density at radius 2 is 1.82 bits per heavy atom. The minimum absolute atomic E-state index is 0. The first kappa shape index (κ1) is 24.0. The molecule has 154 valence electrons. The Morgan fingerprint density at radius 1 is 1.04 bits per heavy atom. The number of methoxy groups -OCH3 is 1. The lowest BCUT2D eigenvalue weighted by atomic mass is 10.1. The first-order chi connectivity index (χ1) is 13.0. The summed E-state index contributed by atoms with van der Waals surface area (Å²) in [7, 11) is 3.12. The molecule has 2 N–H and O–H groups in total. The molecule has 2 rings (SSSR count). The fourth-order valence-corrected chi connectivity index (χ4v) is 2.33. The lowest BCUT2D eigenvalue weighted by Crippen LogP contribution is -2.38. The van der Waals surface area contributed by atoms with Crippen LogP contribution in [0.5, 0.6) is 5.75 Å². The zero-order valence-corrected chi connectivity index (χ0v) is 17.9. The van der Waals surface area contributed by atoms with Crippen LogP contribution in [-0.2, 0) is 17.9 Å². The van der Waals surface area contributed by atoms with E-state index in [0.717, 1.165) is 17.7 Å². The van der Waals surface area contributed by atoms with E-state index in [1.54, 1.807) is 19.2 Å². The lowest BCUT2D eigenvalue weighted by Gasteiger charge is -2.13. The van der Waals surface area contributed by atoms with Crippen LogP contribution >= 0.6 is 24.0 Å². The molecule has 0 radical (unpaired) electrons. The zero-order chi connectivity index (χ0) is 19.6. The third-order valence-corrected chi connectivity index (χ3v) is 3.64. The van der Waals surface area contributed by atoms with Crippen LogP contribution in [0.4, 0.5) is 13.2 Å². The van der Waals surface area contributed by atoms with Crippen LogP contribution in [0.15, 0.2) is 41.4 Å². The molecule has 0 amide bonds. The van der Waals surface area contributed by atoms with Gasteiger partial charge in [-0.05, 0) is 29.8 Å². The summed E-state index contributed by atoms with van der Waals surface area (Å²) in [5.74, 6) is -1.22. The van der Waals surface area contributed by atoms with Crippen LogP contribution in [-0.4, -0.2) is 33.3 Å². The molecular weight excluding hydrogens is 486 g/mol. The average molecular weight is 509 g/mol. The van der Waals surface area contributed by atoms with E-state index in [9.17, 15) is 13.2 Å². The van der Waals surface area contributed by atoms with Crippen LogP contribution in [0.1, 0.15) is 11.1 Å². The molecule has 0 saturated heterocycles. The summed E-state index contributed by atoms with van der Waals surface area (Å²) < 4.78 is 50.2. The summed E-state index contributed by atoms with van der Waals surface area (Å²) in [6, 6.07) is 7.93. The molecule has 0 heterocycles. The van der Waals surface area contributed by atoms with E-state index >= 15 is 0 Å². The molecule has 28 heavy (non-hydrogen) atoms. The standard InChI is InChI=1S/C19H22F3N3O2.HI/c1-23-19(24-7-8-27-18-6-4-15(20)10-17(18)22)25-11-13-3-5-16(21)14(9-13)12-26-2;/h3-6,9-10H,7-8,11-12H2,1-2H3,(H2,23,24,25);1H. The van der Waals surface area contributed by atoms with E-state index < -0.39 is 11.6 Å². The minimum Gasteiger partial charge on any atom is -0.489 e. The third kappa shape index (κ3) is 7.55. The number of aliphatic imine (C=N–C) groups is 1. The number of halogens is 4. The highest BCUT2D eigenvalue weighted by molar-refractivity contribution is 14.0. The molecule has 5 nitrogen and oxygen atoms in total. The summed E-state index contributed by atoms with van der Waals surface area (Å²) >= 11 is 0. The Morgan fingerprint density at radius 3 is 2.50 bits per heavy atom. The topological polar surface area (TPSA) is 54.9 Å². The van der Waals surface area contributed by atoms with Gasteiger partial charge in [0.1, 0.15) is 18.2 Å². The van der Waals surface area contributed by atoms with E-state index in [2.05, 4.69) is 15.6 Å². The van der Waals surface area contributed by atoms with E-state index in [-0.39, 0.29) is 48.8 Å². The fourth-order valence-electron chi connectivity index (χ4n) is 2.33. The second-order valence-electron chi connectivity index (χ2n) is 5.63. The number of guanidine groups is 1. The molecule has 0 saturated carbocycles. The van der Waals surface area contributed by atoms with Crippen LogP contribution in [0, 0.1) is 17.5 Å². The van der Waals surface area contributed by atoms with Crippen molar-refractivity contribution in [3.63, 3.8) is 0 Å². The van der Waals surface area contributed by atoms with Gasteiger partial charge in [0.15, 0.2) is 17.5 Å². The summed E-state index contributed by atoms with van der Waals surface area (Å²) in [6.07, 6.45) is 0. The minimum atomic E-state index is -0.749. The van der Waals surface area contributed by atoms with Crippen molar-refractivity contribution in [3.8, 4) is 5.75 Å². The van der Waals surface area contributed by atoms with Crippen molar-refractivity contribution in [1.82, 2.24) is 10.6 Å². The monoisotopic (exact) mass is 509 g/mol. The first-order valence-corrected chi connectivity index (χ1v) is 8.32. The quantitative estimate of drug-likeness (QED) is 0.247. The molecule has 9 heteroatoms. The zero-order valence-electron chi connectivity index (χ0n) is 15.6. The molecule has 0 aromatic heterocycles. The highest BCUT2D eigenvalue weighted by atomic mass is 127. The van der Waals surface area contributed by atoms with Crippen molar-refractivity contribution < 1.29 is 22.6 Å². The van der Waals surface area contributed by atoms with Crippen LogP contribution in [0.3, 0.4) is 0 Å². The van der Waals surface area contributed by atoms with Gasteiger partial charge in [0.2, 0.25) is 0 Å². The normalized spacial score (nSPS) is 11.0. The molecule has 0 spiro atoms. The van der Waals surface area contributed by atoms with Gasteiger partial charge in [-0.25, -0.2) is 13.2 Å². The largest absolute Gasteiger partial charge is 0.489 e. The van der Waals surface area contributed by atoms with E-state index in [0.29, 0.717) is 24.6 Å². The average Bonchev–Trinajstić information content (AvgIpc) is 2.65. The molecule has 0 unspecified atom stereocenters. The number of ether oxygens (including phenoxy) is 2. The van der Waals surface area contributed by atoms with Gasteiger partial charge in [-0.1, -0.05) is 6.07 Å². The fraction of sp³-hybridized carbons (Fsp3) is 0.316. The van der Waals surface area contributed by atoms with Gasteiger partial charge in [0.25, 0.3) is 0 Å². The first-order valence-electron chi connectivity index (χ1n) is 8.32. The third-order valence-electron chi connectivity index (χ3n) is 3.64. The predicted octanol–water partition coefficient (Wildman–Crippen LogP) is 3.61. The van der Waals surface area contributed by atoms with Gasteiger partial charge in [0.05, 0.1) is 13.2 Å². The Bertz CT molecular complexity index is 791. The second-order valence-corrected chi connectivity index (χ2v) is 5.63. The number of benzene rings is 2. The molecule has 0 aliphatic carbocycles. The molecule has 2 aromatic rings. The van der Waals surface area contributed by atoms with Crippen LogP contribution in [0.25, 0.3) is 0 Å². The van der Waals surface area contributed by atoms with Crippen molar-refractivity contribution >= 4 is 29.9 Å². The maximum Gasteiger partial charge on any atom is 0.191 e. The number of rotatable bonds is 8. The van der Waals surface area contributed by atoms with Gasteiger partial charge in [0, 0.05) is 32.3 Å². The highest BCUT2D eigenvalue weighted by Gasteiger charge is 2.06. The summed E-state index contributed by atoms with van der Waals surface area (Å²) in [6.45, 7) is 1.15. The number of hydrogen-bond donors (Lipinski definition) is 2. The van der Waals surface area contributed by atoms with Crippen molar-refractivity contribution in [2.24, 2.45) is 4.99 Å². The molecule has 0 fully saturated rings. The number of nitrogens with one attached hydrogen (secondary N) is 2. The molecular formula is C19H23F3IN3O2. The molecule has 2 aromatic carbocycles. The van der Waals surface area contributed by atoms with Gasteiger partial charge in [-0.15, -0.1) is 24.0 Å². The van der Waals surface area contributed by atoms with Crippen LogP contribution in [0.2, 0.25) is 0 Å². The molecule has 0 aliphatic heterocycles. The van der Waals surface area contributed by atoms with E-state index in [1.807, 2.05) is 0 Å². The lowest BCUT2D eigenvalue weighted by molar-refractivity contribution is 0.181. The van der Waals surface area contributed by atoms with Gasteiger partial charge >= 0.3 is 0 Å². The highest BCUT2D eigenvalue weighted by Crippen LogP contribution is 2.17. The molecule has 0 atom stereocenters. The molecule has 0 aliphatic rings. The molecule has 0 bridgehead atoms. The van der Waals surface area contributed by atoms with Crippen LogP contribution < -0.4 is 15.4 Å². The number of nitrogens with zero attached hydrogens (tertiary/aromatic N) is 1. The Balaban J connectivity index is 0.00000392. The van der Waals surface area contributed by atoms with Crippen molar-refractivity contribution in [2.75, 3.05) is 27.3 Å². The second kappa shape index (κ2) is 12.4. The Labute approximate surface area is 179 Å². The SMILES string of the molecule is CN=C(NCCOc1ccc(F)cc1F)NCc1ccc(F)c(COC)c1.I. The Hall–Kier alpha value is -2.01. The smallest absolute Gasteiger partial charge is 0.191 e. The predicted molar refractivity (Wildman–Crippen MR) is 113 cm³/mol. The van der Waals surface area contributed by atoms with Crippen molar-refractivity contribution in [3.05, 3.63) is 65.0 Å². The van der Waals surface area contributed by atoms with Crippen molar-refractivity contribution in [2.45, 2.75) is 13.2 Å². The van der Waals surface area contributed by atoms with Gasteiger partial charge in [-0.3, -0.25) is 4.99 Å². The Kier molecular flexibility index (Phi) is 10.7. The van der Waals surface area contributed by atoms with Gasteiger partial charge < -0.3 is 20.1 Å². The van der Waals surface area contributed by atoms with Crippen molar-refractivity contribution in [1.29, 1.82) is 0 Å².